The van der Waals surface area contributed by atoms with Crippen molar-refractivity contribution in [2.24, 2.45) is 4.99 Å². The van der Waals surface area contributed by atoms with Crippen LogP contribution in [-0.4, -0.2) is 51.8 Å². The first-order valence-electron chi connectivity index (χ1n) is 8.98. The summed E-state index contributed by atoms with van der Waals surface area (Å²) in [7, 11) is 0. The molecule has 27 heavy (non-hydrogen) atoms. The number of amidine groups is 1. The molecular weight excluding hydrogens is 362 g/mol. The molecule has 0 radical (unpaired) electrons. The maximum Gasteiger partial charge on any atom is 0.168 e. The molecule has 0 spiro atoms. The first-order chi connectivity index (χ1) is 13.3. The number of para-hydroxylation sites is 2. The molecule has 1 atom stereocenters. The zero-order valence-corrected chi connectivity index (χ0v) is 15.4. The Labute approximate surface area is 162 Å². The number of benzene rings is 2. The van der Waals surface area contributed by atoms with Crippen LogP contribution >= 0.6 is 11.6 Å². The summed E-state index contributed by atoms with van der Waals surface area (Å²) < 4.78 is 7.51. The predicted molar refractivity (Wildman–Crippen MR) is 105 cm³/mol. The molecule has 0 bridgehead atoms. The number of nitrogens with zero attached hydrogens (tertiary/aromatic N) is 5. The van der Waals surface area contributed by atoms with Crippen molar-refractivity contribution in [3.05, 3.63) is 60.4 Å². The summed E-state index contributed by atoms with van der Waals surface area (Å²) in [6.07, 6.45) is 0. The fourth-order valence-corrected chi connectivity index (χ4v) is 3.87. The second kappa shape index (κ2) is 6.79. The SMILES string of the molecule is ClC1C(N2CCOCC2)=Nc2ccccc2-n2c(-c3ccccc3)nnc21. The van der Waals surface area contributed by atoms with E-state index < -0.39 is 5.38 Å². The number of alkyl halides is 1. The Morgan fingerprint density at radius 3 is 2.48 bits per heavy atom. The monoisotopic (exact) mass is 379 g/mol. The standard InChI is InChI=1S/C20H18ClN5O/c21-17-19(25-10-12-27-13-11-25)22-15-8-4-5-9-16(15)26-18(23-24-20(17)26)14-6-2-1-3-7-14/h1-9,17H,10-13H2. The molecule has 0 saturated carbocycles. The normalized spacial score (nSPS) is 19.1. The zero-order chi connectivity index (χ0) is 18.2. The average molecular weight is 380 g/mol. The topological polar surface area (TPSA) is 55.5 Å². The highest BCUT2D eigenvalue weighted by Crippen LogP contribution is 2.37. The van der Waals surface area contributed by atoms with E-state index in [0.29, 0.717) is 19.0 Å². The summed E-state index contributed by atoms with van der Waals surface area (Å²) in [5.41, 5.74) is 2.79. The lowest BCUT2D eigenvalue weighted by atomic mass is 10.2. The fourth-order valence-electron chi connectivity index (χ4n) is 3.54. The van der Waals surface area contributed by atoms with Crippen molar-refractivity contribution in [2.75, 3.05) is 26.3 Å². The van der Waals surface area contributed by atoms with Gasteiger partial charge in [-0.05, 0) is 12.1 Å². The molecule has 0 amide bonds. The van der Waals surface area contributed by atoms with Gasteiger partial charge < -0.3 is 9.64 Å². The first-order valence-corrected chi connectivity index (χ1v) is 9.42. The molecule has 3 aromatic rings. The molecule has 0 aliphatic carbocycles. The van der Waals surface area contributed by atoms with Crippen LogP contribution in [0.2, 0.25) is 0 Å². The van der Waals surface area contributed by atoms with Crippen molar-refractivity contribution in [3.63, 3.8) is 0 Å². The van der Waals surface area contributed by atoms with Gasteiger partial charge in [0.15, 0.2) is 17.0 Å². The lowest BCUT2D eigenvalue weighted by Gasteiger charge is -2.31. The summed E-state index contributed by atoms with van der Waals surface area (Å²) in [5.74, 6) is 2.26. The Morgan fingerprint density at radius 1 is 0.926 bits per heavy atom. The molecule has 6 nitrogen and oxygen atoms in total. The molecule has 2 aliphatic rings. The smallest absolute Gasteiger partial charge is 0.168 e. The van der Waals surface area contributed by atoms with E-state index in [-0.39, 0.29) is 0 Å². The largest absolute Gasteiger partial charge is 0.378 e. The highest BCUT2D eigenvalue weighted by molar-refractivity contribution is 6.31. The molecule has 0 N–H and O–H groups in total. The lowest BCUT2D eigenvalue weighted by Crippen LogP contribution is -2.42. The van der Waals surface area contributed by atoms with Crippen molar-refractivity contribution in [2.45, 2.75) is 5.38 Å². The van der Waals surface area contributed by atoms with Crippen LogP contribution in [0, 0.1) is 0 Å². The predicted octanol–water partition coefficient (Wildman–Crippen LogP) is 3.59. The molecule has 1 unspecified atom stereocenters. The lowest BCUT2D eigenvalue weighted by molar-refractivity contribution is 0.0672. The molecule has 5 rings (SSSR count). The average Bonchev–Trinajstić information content (AvgIpc) is 3.13. The van der Waals surface area contributed by atoms with Crippen LogP contribution in [0.25, 0.3) is 17.1 Å². The number of hydrogen-bond acceptors (Lipinski definition) is 5. The highest BCUT2D eigenvalue weighted by Gasteiger charge is 2.32. The number of ether oxygens (including phenoxy) is 1. The molecule has 3 heterocycles. The molecule has 136 valence electrons. The number of aliphatic imine (C=N–C) groups is 1. The molecule has 2 aliphatic heterocycles. The Bertz CT molecular complexity index is 995. The molecular formula is C20H18ClN5O. The van der Waals surface area contributed by atoms with Crippen molar-refractivity contribution < 1.29 is 4.74 Å². The number of aromatic nitrogens is 3. The highest BCUT2D eigenvalue weighted by atomic mass is 35.5. The van der Waals surface area contributed by atoms with Gasteiger partial charge >= 0.3 is 0 Å². The molecule has 2 aromatic carbocycles. The first kappa shape index (κ1) is 16.5. The maximum absolute atomic E-state index is 6.91. The Morgan fingerprint density at radius 2 is 1.67 bits per heavy atom. The van der Waals surface area contributed by atoms with Gasteiger partial charge in [0.05, 0.1) is 24.6 Å². The molecule has 1 aromatic heterocycles. The van der Waals surface area contributed by atoms with Gasteiger partial charge in [-0.3, -0.25) is 4.57 Å². The van der Waals surface area contributed by atoms with Crippen LogP contribution < -0.4 is 0 Å². The van der Waals surface area contributed by atoms with Gasteiger partial charge in [-0.25, -0.2) is 4.99 Å². The minimum absolute atomic E-state index is 0.486. The zero-order valence-electron chi connectivity index (χ0n) is 14.6. The minimum atomic E-state index is -0.486. The van der Waals surface area contributed by atoms with Gasteiger partial charge in [-0.15, -0.1) is 21.8 Å². The van der Waals surface area contributed by atoms with Crippen molar-refractivity contribution in [3.8, 4) is 17.1 Å². The summed E-state index contributed by atoms with van der Waals surface area (Å²) in [4.78, 5) is 7.12. The molecule has 1 saturated heterocycles. The second-order valence-electron chi connectivity index (χ2n) is 6.50. The van der Waals surface area contributed by atoms with E-state index >= 15 is 0 Å². The van der Waals surface area contributed by atoms with Crippen LogP contribution in [0.15, 0.2) is 59.6 Å². The van der Waals surface area contributed by atoms with E-state index in [1.54, 1.807) is 0 Å². The van der Waals surface area contributed by atoms with Crippen LogP contribution in [0.1, 0.15) is 11.2 Å². The van der Waals surface area contributed by atoms with Gasteiger partial charge in [0.25, 0.3) is 0 Å². The van der Waals surface area contributed by atoms with Gasteiger partial charge in [-0.2, -0.15) is 0 Å². The number of fused-ring (bicyclic) bond motifs is 3. The van der Waals surface area contributed by atoms with Crippen LogP contribution in [0.3, 0.4) is 0 Å². The van der Waals surface area contributed by atoms with Crippen LogP contribution in [0.4, 0.5) is 5.69 Å². The Hall–Kier alpha value is -2.70. The van der Waals surface area contributed by atoms with E-state index in [4.69, 9.17) is 21.3 Å². The van der Waals surface area contributed by atoms with E-state index in [1.807, 2.05) is 59.2 Å². The van der Waals surface area contributed by atoms with Crippen LogP contribution in [-0.2, 0) is 4.74 Å². The van der Waals surface area contributed by atoms with Crippen molar-refractivity contribution in [1.29, 1.82) is 0 Å². The van der Waals surface area contributed by atoms with Crippen molar-refractivity contribution >= 4 is 23.1 Å². The minimum Gasteiger partial charge on any atom is -0.378 e. The van der Waals surface area contributed by atoms with Gasteiger partial charge in [0.2, 0.25) is 0 Å². The number of morpholine rings is 1. The van der Waals surface area contributed by atoms with E-state index in [0.717, 1.165) is 41.7 Å². The van der Waals surface area contributed by atoms with E-state index in [9.17, 15) is 0 Å². The Kier molecular flexibility index (Phi) is 4.14. The molecule has 7 heteroatoms. The number of rotatable bonds is 1. The number of hydrogen-bond donors (Lipinski definition) is 0. The van der Waals surface area contributed by atoms with Crippen molar-refractivity contribution in [1.82, 2.24) is 19.7 Å². The van der Waals surface area contributed by atoms with Gasteiger partial charge in [-0.1, -0.05) is 42.5 Å². The third kappa shape index (κ3) is 2.81. The van der Waals surface area contributed by atoms with Gasteiger partial charge in [0.1, 0.15) is 5.84 Å². The van der Waals surface area contributed by atoms with E-state index in [1.165, 1.54) is 0 Å². The number of halogens is 1. The van der Waals surface area contributed by atoms with Gasteiger partial charge in [0, 0.05) is 18.7 Å². The van der Waals surface area contributed by atoms with E-state index in [2.05, 4.69) is 15.1 Å². The van der Waals surface area contributed by atoms with Crippen LogP contribution in [0.5, 0.6) is 0 Å². The summed E-state index contributed by atoms with van der Waals surface area (Å²) in [6.45, 7) is 2.88. The third-order valence-corrected chi connectivity index (χ3v) is 5.26. The summed E-state index contributed by atoms with van der Waals surface area (Å²) in [5, 5.41) is 8.44. The summed E-state index contributed by atoms with van der Waals surface area (Å²) in [6, 6.07) is 18.0. The third-order valence-electron chi connectivity index (χ3n) is 4.87. The summed E-state index contributed by atoms with van der Waals surface area (Å²) >= 11 is 6.91. The quantitative estimate of drug-likeness (QED) is 0.606. The Balaban J connectivity index is 1.71. The maximum atomic E-state index is 6.91. The second-order valence-corrected chi connectivity index (χ2v) is 6.94. The fraction of sp³-hybridized carbons (Fsp3) is 0.250. The molecule has 1 fully saturated rings.